The Morgan fingerprint density at radius 3 is 2.53 bits per heavy atom. The Hall–Kier alpha value is -1.58. The molecule has 1 aromatic rings. The Balaban J connectivity index is 1.49. The van der Waals surface area contributed by atoms with Gasteiger partial charge in [-0.1, -0.05) is 46.3 Å². The van der Waals surface area contributed by atoms with Gasteiger partial charge in [0.1, 0.15) is 18.0 Å². The highest BCUT2D eigenvalue weighted by atomic mass is 79.9. The molecule has 30 heavy (non-hydrogen) atoms. The molecule has 2 amide bonds. The summed E-state index contributed by atoms with van der Waals surface area (Å²) in [5, 5.41) is 10.3. The normalized spacial score (nSPS) is 30.6. The molecule has 7 nitrogen and oxygen atoms in total. The summed E-state index contributed by atoms with van der Waals surface area (Å²) < 4.78 is 3.45. The summed E-state index contributed by atoms with van der Waals surface area (Å²) in [4.78, 5) is 41.8. The lowest BCUT2D eigenvalue weighted by molar-refractivity contribution is -0.171. The van der Waals surface area contributed by atoms with Crippen LogP contribution in [-0.2, 0) is 25.7 Å². The van der Waals surface area contributed by atoms with E-state index in [1.807, 2.05) is 44.2 Å². The third-order valence-electron chi connectivity index (χ3n) is 6.02. The van der Waals surface area contributed by atoms with Crippen molar-refractivity contribution in [2.45, 2.75) is 59.9 Å². The van der Waals surface area contributed by atoms with Crippen LogP contribution in [0, 0.1) is 0 Å². The predicted octanol–water partition coefficient (Wildman–Crippen LogP) is 1.91. The van der Waals surface area contributed by atoms with E-state index < -0.39 is 44.4 Å². The summed E-state index contributed by atoms with van der Waals surface area (Å²) in [6, 6.07) is 8.56. The van der Waals surface area contributed by atoms with Crippen molar-refractivity contribution in [3.8, 4) is 0 Å². The molecule has 0 radical (unpaired) electrons. The van der Waals surface area contributed by atoms with Gasteiger partial charge in [-0.15, -0.1) is 11.8 Å². The second-order valence-corrected chi connectivity index (χ2v) is 11.5. The number of hydrogen-bond acceptors (Lipinski definition) is 6. The molecule has 3 heterocycles. The number of amides is 2. The van der Waals surface area contributed by atoms with Gasteiger partial charge in [-0.25, -0.2) is 4.79 Å². The lowest BCUT2D eigenvalue weighted by Gasteiger charge is -2.51. The second kappa shape index (κ2) is 7.84. The fourth-order valence-electron chi connectivity index (χ4n) is 4.38. The molecule has 3 aliphatic rings. The monoisotopic (exact) mass is 496 g/mol. The summed E-state index contributed by atoms with van der Waals surface area (Å²) in [5.74, 6) is -1.37. The molecule has 0 aliphatic carbocycles. The van der Waals surface area contributed by atoms with Crippen molar-refractivity contribution in [1.82, 2.24) is 9.80 Å². The number of carbonyl (C=O) groups excluding carboxylic acids is 3. The minimum absolute atomic E-state index is 0.124. The molecule has 3 saturated heterocycles. The van der Waals surface area contributed by atoms with Gasteiger partial charge in [-0.05, 0) is 32.3 Å². The van der Waals surface area contributed by atoms with Gasteiger partial charge in [0.15, 0.2) is 10.4 Å². The molecule has 3 fully saturated rings. The van der Waals surface area contributed by atoms with E-state index in [0.29, 0.717) is 13.1 Å². The SMILES string of the molecule is CC1(C)S[C@H]2N(C(=O)C2(Br)C(O)C(=O)N2CCCC2)[C@H]1C(=O)OCc1ccccc1. The van der Waals surface area contributed by atoms with Crippen molar-refractivity contribution in [1.29, 1.82) is 0 Å². The quantitative estimate of drug-likeness (QED) is 0.380. The molecule has 162 valence electrons. The van der Waals surface area contributed by atoms with E-state index in [1.54, 1.807) is 4.90 Å². The first-order valence-electron chi connectivity index (χ1n) is 10.0. The summed E-state index contributed by atoms with van der Waals surface area (Å²) >= 11 is 4.80. The van der Waals surface area contributed by atoms with Crippen LogP contribution >= 0.6 is 27.7 Å². The number of thioether (sulfide) groups is 1. The van der Waals surface area contributed by atoms with Gasteiger partial charge in [-0.2, -0.15) is 0 Å². The van der Waals surface area contributed by atoms with Gasteiger partial charge in [0.25, 0.3) is 5.91 Å². The van der Waals surface area contributed by atoms with E-state index >= 15 is 0 Å². The maximum Gasteiger partial charge on any atom is 0.330 e. The van der Waals surface area contributed by atoms with Gasteiger partial charge in [-0.3, -0.25) is 9.59 Å². The van der Waals surface area contributed by atoms with Crippen LogP contribution in [0.1, 0.15) is 32.3 Å². The van der Waals surface area contributed by atoms with Crippen LogP contribution in [0.2, 0.25) is 0 Å². The van der Waals surface area contributed by atoms with Crippen molar-refractivity contribution in [2.75, 3.05) is 13.1 Å². The molecule has 1 aromatic carbocycles. The van der Waals surface area contributed by atoms with Gasteiger partial charge < -0.3 is 19.6 Å². The number of aliphatic hydroxyl groups is 1. The number of rotatable bonds is 5. The average Bonchev–Trinajstić information content (AvgIpc) is 3.36. The van der Waals surface area contributed by atoms with Crippen molar-refractivity contribution in [3.05, 3.63) is 35.9 Å². The average molecular weight is 497 g/mol. The van der Waals surface area contributed by atoms with E-state index in [1.165, 1.54) is 16.7 Å². The number of fused-ring (bicyclic) bond motifs is 1. The van der Waals surface area contributed by atoms with E-state index in [-0.39, 0.29) is 6.61 Å². The van der Waals surface area contributed by atoms with Crippen LogP contribution in [0.3, 0.4) is 0 Å². The number of ether oxygens (including phenoxy) is 1. The van der Waals surface area contributed by atoms with Crippen molar-refractivity contribution >= 4 is 45.5 Å². The highest BCUT2D eigenvalue weighted by Crippen LogP contribution is 2.59. The van der Waals surface area contributed by atoms with Crippen molar-refractivity contribution in [2.24, 2.45) is 0 Å². The van der Waals surface area contributed by atoms with Gasteiger partial charge >= 0.3 is 5.97 Å². The molecule has 0 saturated carbocycles. The van der Waals surface area contributed by atoms with Crippen LogP contribution in [0.4, 0.5) is 0 Å². The molecule has 0 aromatic heterocycles. The van der Waals surface area contributed by atoms with E-state index in [4.69, 9.17) is 4.74 Å². The number of benzene rings is 1. The van der Waals surface area contributed by atoms with Crippen LogP contribution in [0.25, 0.3) is 0 Å². The Kier molecular flexibility index (Phi) is 5.65. The van der Waals surface area contributed by atoms with E-state index in [0.717, 1.165) is 18.4 Å². The zero-order valence-electron chi connectivity index (χ0n) is 16.9. The third-order valence-corrected chi connectivity index (χ3v) is 9.19. The number of halogens is 1. The van der Waals surface area contributed by atoms with Crippen molar-refractivity contribution < 1.29 is 24.2 Å². The number of hydrogen-bond donors (Lipinski definition) is 1. The predicted molar refractivity (Wildman–Crippen MR) is 116 cm³/mol. The standard InChI is InChI=1S/C21H25BrN2O5S/c1-20(2)14(17(27)29-12-13-8-4-3-5-9-13)24-18(28)21(22,19(24)30-20)15(25)16(26)23-10-6-7-11-23/h3-5,8-9,14-15,19,25H,6-7,10-12H2,1-2H3/t14-,15?,19+,21?/m0/s1. The first-order valence-corrected chi connectivity index (χ1v) is 11.7. The van der Waals surface area contributed by atoms with Gasteiger partial charge in [0.2, 0.25) is 5.91 Å². The molecule has 0 spiro atoms. The zero-order chi connectivity index (χ0) is 21.7. The lowest BCUT2D eigenvalue weighted by Crippen LogP contribution is -2.76. The van der Waals surface area contributed by atoms with Crippen LogP contribution in [0.15, 0.2) is 30.3 Å². The van der Waals surface area contributed by atoms with Crippen LogP contribution in [0.5, 0.6) is 0 Å². The highest BCUT2D eigenvalue weighted by molar-refractivity contribution is 9.10. The highest BCUT2D eigenvalue weighted by Gasteiger charge is 2.74. The Morgan fingerprint density at radius 2 is 1.90 bits per heavy atom. The molecule has 0 bridgehead atoms. The summed E-state index contributed by atoms with van der Waals surface area (Å²) in [7, 11) is 0. The van der Waals surface area contributed by atoms with Crippen LogP contribution < -0.4 is 0 Å². The number of esters is 1. The Bertz CT molecular complexity index is 860. The molecule has 3 aliphatic heterocycles. The van der Waals surface area contributed by atoms with Gasteiger partial charge in [0, 0.05) is 17.8 Å². The molecule has 4 rings (SSSR count). The second-order valence-electron chi connectivity index (χ2n) is 8.48. The summed E-state index contributed by atoms with van der Waals surface area (Å²) in [6.45, 7) is 5.06. The summed E-state index contributed by atoms with van der Waals surface area (Å²) in [6.07, 6.45) is 0.301. The lowest BCUT2D eigenvalue weighted by atomic mass is 9.87. The molecule has 1 N–H and O–H groups in total. The molecule has 2 unspecified atom stereocenters. The number of nitrogens with zero attached hydrogens (tertiary/aromatic N) is 2. The fourth-order valence-corrected chi connectivity index (χ4v) is 6.92. The first kappa shape index (κ1) is 21.6. The first-order chi connectivity index (χ1) is 14.2. The molecule has 9 heteroatoms. The zero-order valence-corrected chi connectivity index (χ0v) is 19.3. The Labute approximate surface area is 188 Å². The molecule has 4 atom stereocenters. The van der Waals surface area contributed by atoms with Gasteiger partial charge in [0.05, 0.1) is 0 Å². The molecular weight excluding hydrogens is 472 g/mol. The van der Waals surface area contributed by atoms with E-state index in [9.17, 15) is 19.5 Å². The number of carbonyl (C=O) groups is 3. The smallest absolute Gasteiger partial charge is 0.330 e. The minimum atomic E-state index is -1.49. The Morgan fingerprint density at radius 1 is 1.27 bits per heavy atom. The maximum atomic E-state index is 13.1. The molecular formula is C21H25BrN2O5S. The fraction of sp³-hybridized carbons (Fsp3) is 0.571. The number of β-lactam (4-membered cyclic amide) rings is 1. The maximum absolute atomic E-state index is 13.1. The minimum Gasteiger partial charge on any atom is -0.459 e. The summed E-state index contributed by atoms with van der Waals surface area (Å²) in [5.41, 5.74) is 0.863. The third kappa shape index (κ3) is 3.35. The van der Waals surface area contributed by atoms with E-state index in [2.05, 4.69) is 15.9 Å². The van der Waals surface area contributed by atoms with Crippen molar-refractivity contribution in [3.63, 3.8) is 0 Å². The van der Waals surface area contributed by atoms with Crippen LogP contribution in [-0.4, -0.2) is 72.4 Å². The number of likely N-dealkylation sites (tertiary alicyclic amines) is 1. The number of aliphatic hydroxyl groups excluding tert-OH is 1. The topological polar surface area (TPSA) is 87.2 Å². The largest absolute Gasteiger partial charge is 0.459 e. The number of alkyl halides is 1.